The minimum atomic E-state index is -0.0882. The van der Waals surface area contributed by atoms with Crippen molar-refractivity contribution in [2.24, 2.45) is 0 Å². The Bertz CT molecular complexity index is 1170. The highest BCUT2D eigenvalue weighted by atomic mass is 16.2. The van der Waals surface area contributed by atoms with Gasteiger partial charge in [0.15, 0.2) is 0 Å². The fourth-order valence-corrected chi connectivity index (χ4v) is 5.56. The summed E-state index contributed by atoms with van der Waals surface area (Å²) in [6, 6.07) is 28.4. The average Bonchev–Trinajstić information content (AvgIpc) is 3.45. The fraction of sp³-hybridized carbons (Fsp3) is 0.333. The first-order valence-corrected chi connectivity index (χ1v) is 12.7. The largest absolute Gasteiger partial charge is 0.326 e. The highest BCUT2D eigenvalue weighted by Crippen LogP contribution is 2.31. The van der Waals surface area contributed by atoms with Gasteiger partial charge in [-0.25, -0.2) is 4.79 Å². The lowest BCUT2D eigenvalue weighted by Crippen LogP contribution is -2.50. The molecule has 35 heavy (non-hydrogen) atoms. The van der Waals surface area contributed by atoms with E-state index >= 15 is 0 Å². The van der Waals surface area contributed by atoms with Crippen LogP contribution in [0.3, 0.4) is 0 Å². The Balaban J connectivity index is 1.37. The summed E-state index contributed by atoms with van der Waals surface area (Å²) in [6.07, 6.45) is 7.28. The first kappa shape index (κ1) is 23.1. The molecule has 2 aliphatic rings. The van der Waals surface area contributed by atoms with Gasteiger partial charge in [-0.05, 0) is 73.2 Å². The maximum absolute atomic E-state index is 13.6. The summed E-state index contributed by atoms with van der Waals surface area (Å²) in [7, 11) is 0. The second kappa shape index (κ2) is 10.8. The first-order chi connectivity index (χ1) is 17.2. The lowest BCUT2D eigenvalue weighted by Gasteiger charge is -2.40. The number of hydrogen-bond acceptors (Lipinski definition) is 3. The van der Waals surface area contributed by atoms with Gasteiger partial charge < -0.3 is 10.2 Å². The third-order valence-corrected chi connectivity index (χ3v) is 7.42. The van der Waals surface area contributed by atoms with Crippen LogP contribution in [0.5, 0.6) is 0 Å². The van der Waals surface area contributed by atoms with Gasteiger partial charge in [0, 0.05) is 36.5 Å². The van der Waals surface area contributed by atoms with Crippen LogP contribution in [-0.2, 0) is 0 Å². The van der Waals surface area contributed by atoms with Gasteiger partial charge in [-0.2, -0.15) is 5.26 Å². The second-order valence-electron chi connectivity index (χ2n) is 9.61. The Kier molecular flexibility index (Phi) is 7.11. The number of carbonyl (C=O) groups excluding carboxylic acids is 1. The topological polar surface area (TPSA) is 59.4 Å². The van der Waals surface area contributed by atoms with Crippen molar-refractivity contribution in [3.05, 3.63) is 84.4 Å². The Hall–Kier alpha value is -3.62. The van der Waals surface area contributed by atoms with Gasteiger partial charge in [-0.1, -0.05) is 55.3 Å². The van der Waals surface area contributed by atoms with E-state index in [4.69, 9.17) is 0 Å². The molecular formula is C30H32N4O. The summed E-state index contributed by atoms with van der Waals surface area (Å²) in [5.74, 6) is 0. The zero-order valence-corrected chi connectivity index (χ0v) is 20.1. The number of hydrogen-bond donors (Lipinski definition) is 1. The number of nitrogens with zero attached hydrogens (tertiary/aromatic N) is 3. The SMILES string of the molecule is N#Cc1cccc(-c2ccc(N(C(=O)Nc3ccccc3)C3CCN(C4CCCC4)CC3)cc2)c1. The van der Waals surface area contributed by atoms with Crippen molar-refractivity contribution in [1.29, 1.82) is 5.26 Å². The van der Waals surface area contributed by atoms with Crippen LogP contribution in [0.15, 0.2) is 78.9 Å². The molecule has 1 aliphatic carbocycles. The van der Waals surface area contributed by atoms with Crippen LogP contribution in [0.1, 0.15) is 44.1 Å². The minimum absolute atomic E-state index is 0.0882. The smallest absolute Gasteiger partial charge is 0.308 e. The van der Waals surface area contributed by atoms with E-state index in [0.717, 1.165) is 54.5 Å². The van der Waals surface area contributed by atoms with Gasteiger partial charge in [0.2, 0.25) is 0 Å². The number of rotatable bonds is 5. The summed E-state index contributed by atoms with van der Waals surface area (Å²) >= 11 is 0. The summed E-state index contributed by atoms with van der Waals surface area (Å²) < 4.78 is 0. The van der Waals surface area contributed by atoms with E-state index in [9.17, 15) is 10.1 Å². The number of benzene rings is 3. The summed E-state index contributed by atoms with van der Waals surface area (Å²) in [5.41, 5.74) is 4.38. The number of urea groups is 1. The van der Waals surface area contributed by atoms with Gasteiger partial charge in [0.1, 0.15) is 0 Å². The number of amides is 2. The van der Waals surface area contributed by atoms with Crippen molar-refractivity contribution in [1.82, 2.24) is 4.90 Å². The molecule has 0 radical (unpaired) electrons. The molecule has 0 bridgehead atoms. The molecule has 0 spiro atoms. The second-order valence-corrected chi connectivity index (χ2v) is 9.61. The number of anilines is 2. The molecule has 0 unspecified atom stereocenters. The molecule has 1 saturated heterocycles. The number of piperidine rings is 1. The molecule has 3 aromatic rings. The molecule has 5 nitrogen and oxygen atoms in total. The van der Waals surface area contributed by atoms with E-state index in [2.05, 4.69) is 16.3 Å². The maximum Gasteiger partial charge on any atom is 0.326 e. The zero-order valence-electron chi connectivity index (χ0n) is 20.1. The van der Waals surface area contributed by atoms with Crippen LogP contribution in [0.25, 0.3) is 11.1 Å². The standard InChI is InChI=1S/C30H32N4O/c31-22-23-7-6-8-25(21-23)24-13-15-28(16-14-24)34(30(35)32-26-9-2-1-3-10-26)29-17-19-33(20-18-29)27-11-4-5-12-27/h1-3,6-10,13-16,21,27,29H,4-5,11-12,17-20H2,(H,32,35). The number of likely N-dealkylation sites (tertiary alicyclic amines) is 1. The molecule has 5 rings (SSSR count). The van der Waals surface area contributed by atoms with E-state index in [1.807, 2.05) is 83.8 Å². The third kappa shape index (κ3) is 5.39. The quantitative estimate of drug-likeness (QED) is 0.459. The lowest BCUT2D eigenvalue weighted by atomic mass is 9.99. The van der Waals surface area contributed by atoms with Crippen molar-refractivity contribution < 1.29 is 4.79 Å². The molecule has 2 amide bonds. The Morgan fingerprint density at radius 3 is 2.26 bits per heavy atom. The number of nitrogens with one attached hydrogen (secondary N) is 1. The Labute approximate surface area is 208 Å². The molecule has 3 aromatic carbocycles. The zero-order chi connectivity index (χ0) is 24.0. The molecular weight excluding hydrogens is 432 g/mol. The Morgan fingerprint density at radius 1 is 0.857 bits per heavy atom. The minimum Gasteiger partial charge on any atom is -0.308 e. The van der Waals surface area contributed by atoms with Gasteiger partial charge in [-0.3, -0.25) is 4.90 Å². The van der Waals surface area contributed by atoms with Crippen molar-refractivity contribution in [2.75, 3.05) is 23.3 Å². The van der Waals surface area contributed by atoms with Crippen LogP contribution in [0, 0.1) is 11.3 Å². The van der Waals surface area contributed by atoms with Crippen LogP contribution < -0.4 is 10.2 Å². The fourth-order valence-electron chi connectivity index (χ4n) is 5.56. The first-order valence-electron chi connectivity index (χ1n) is 12.7. The molecule has 5 heteroatoms. The molecule has 1 saturated carbocycles. The average molecular weight is 465 g/mol. The summed E-state index contributed by atoms with van der Waals surface area (Å²) in [6.45, 7) is 2.09. The summed E-state index contributed by atoms with van der Waals surface area (Å²) in [5, 5.41) is 12.3. The number of para-hydroxylation sites is 1. The highest BCUT2D eigenvalue weighted by Gasteiger charge is 2.32. The van der Waals surface area contributed by atoms with Crippen molar-refractivity contribution in [3.8, 4) is 17.2 Å². The van der Waals surface area contributed by atoms with Gasteiger partial charge in [0.05, 0.1) is 11.6 Å². The van der Waals surface area contributed by atoms with Crippen LogP contribution >= 0.6 is 0 Å². The normalized spacial score (nSPS) is 17.1. The summed E-state index contributed by atoms with van der Waals surface area (Å²) in [4.78, 5) is 18.1. The van der Waals surface area contributed by atoms with Gasteiger partial charge >= 0.3 is 6.03 Å². The molecule has 2 fully saturated rings. The van der Waals surface area contributed by atoms with Gasteiger partial charge in [-0.15, -0.1) is 0 Å². The van der Waals surface area contributed by atoms with Gasteiger partial charge in [0.25, 0.3) is 0 Å². The number of carbonyl (C=O) groups is 1. The monoisotopic (exact) mass is 464 g/mol. The van der Waals surface area contributed by atoms with Crippen LogP contribution in [0.2, 0.25) is 0 Å². The van der Waals surface area contributed by atoms with E-state index in [-0.39, 0.29) is 12.1 Å². The van der Waals surface area contributed by atoms with Crippen LogP contribution in [-0.4, -0.2) is 36.1 Å². The van der Waals surface area contributed by atoms with Crippen molar-refractivity contribution in [2.45, 2.75) is 50.6 Å². The maximum atomic E-state index is 13.6. The highest BCUT2D eigenvalue weighted by molar-refractivity contribution is 6.02. The van der Waals surface area contributed by atoms with E-state index in [0.29, 0.717) is 5.56 Å². The molecule has 1 aliphatic heterocycles. The van der Waals surface area contributed by atoms with E-state index in [1.54, 1.807) is 0 Å². The lowest BCUT2D eigenvalue weighted by molar-refractivity contribution is 0.153. The molecule has 1 heterocycles. The van der Waals surface area contributed by atoms with E-state index < -0.39 is 0 Å². The third-order valence-electron chi connectivity index (χ3n) is 7.42. The van der Waals surface area contributed by atoms with Crippen molar-refractivity contribution in [3.63, 3.8) is 0 Å². The number of nitriles is 1. The van der Waals surface area contributed by atoms with Crippen LogP contribution in [0.4, 0.5) is 16.2 Å². The Morgan fingerprint density at radius 2 is 1.57 bits per heavy atom. The molecule has 0 atom stereocenters. The molecule has 1 N–H and O–H groups in total. The van der Waals surface area contributed by atoms with Crippen molar-refractivity contribution >= 4 is 17.4 Å². The predicted octanol–water partition coefficient (Wildman–Crippen LogP) is 6.67. The van der Waals surface area contributed by atoms with E-state index in [1.165, 1.54) is 25.7 Å². The predicted molar refractivity (Wildman–Crippen MR) is 141 cm³/mol. The molecule has 178 valence electrons. The molecule has 0 aromatic heterocycles.